The summed E-state index contributed by atoms with van der Waals surface area (Å²) >= 11 is 0. The van der Waals surface area contributed by atoms with Crippen LogP contribution in [-0.4, -0.2) is 35.7 Å². The zero-order chi connectivity index (χ0) is 17.0. The largest absolute Gasteiger partial charge is 0.761 e. The smallest absolute Gasteiger partial charge is 0.410 e. The quantitative estimate of drug-likeness (QED) is 0.830. The van der Waals surface area contributed by atoms with Gasteiger partial charge < -0.3 is 25.6 Å². The molecule has 0 radical (unpaired) electrons. The summed E-state index contributed by atoms with van der Waals surface area (Å²) < 4.78 is 5.40. The molecule has 1 fully saturated rings. The predicted octanol–water partition coefficient (Wildman–Crippen LogP) is 3.72. The highest BCUT2D eigenvalue weighted by atomic mass is 16.6. The number of hydrogen-bond donors (Lipinski definition) is 2. The van der Waals surface area contributed by atoms with Gasteiger partial charge in [0.05, 0.1) is 5.69 Å². The van der Waals surface area contributed by atoms with Crippen LogP contribution in [0.3, 0.4) is 0 Å². The minimum Gasteiger partial charge on any atom is -0.761 e. The fraction of sp³-hybridized carbons (Fsp3) is 0.588. The monoisotopic (exact) mass is 320 g/mol. The molecule has 128 valence electrons. The molecule has 0 aromatic heterocycles. The van der Waals surface area contributed by atoms with Crippen LogP contribution < -0.4 is 10.8 Å². The Morgan fingerprint density at radius 3 is 2.48 bits per heavy atom. The van der Waals surface area contributed by atoms with Crippen molar-refractivity contribution in [1.82, 2.24) is 4.90 Å². The number of nitrogens with one attached hydrogen (secondary N) is 2. The maximum Gasteiger partial charge on any atom is 0.410 e. The number of anilines is 2. The number of piperidine rings is 1. The maximum absolute atomic E-state index is 12.1. The Morgan fingerprint density at radius 1 is 1.26 bits per heavy atom. The predicted molar refractivity (Wildman–Crippen MR) is 92.6 cm³/mol. The third kappa shape index (κ3) is 5.03. The van der Waals surface area contributed by atoms with Gasteiger partial charge in [-0.15, -0.1) is 0 Å². The summed E-state index contributed by atoms with van der Waals surface area (Å²) in [7, 11) is 0. The van der Waals surface area contributed by atoms with Crippen LogP contribution in [0, 0.1) is 12.1 Å². The van der Waals surface area contributed by atoms with E-state index in [9.17, 15) is 10.0 Å². The zero-order valence-electron chi connectivity index (χ0n) is 14.3. The first kappa shape index (κ1) is 17.4. The number of ether oxygens (including phenoxy) is 1. The SMILES string of the molecule is Cc1ccc(N[O-])c(NC2CCN(C(=O)OC(C)(C)C)CC2)c1. The van der Waals surface area contributed by atoms with Crippen molar-refractivity contribution in [3.05, 3.63) is 29.0 Å². The molecular formula is C17H26N3O3-. The van der Waals surface area contributed by atoms with Gasteiger partial charge in [0.2, 0.25) is 0 Å². The minimum absolute atomic E-state index is 0.239. The van der Waals surface area contributed by atoms with Crippen LogP contribution >= 0.6 is 0 Å². The Hall–Kier alpha value is -1.95. The molecular weight excluding hydrogens is 294 g/mol. The molecule has 1 aromatic carbocycles. The molecule has 6 heteroatoms. The van der Waals surface area contributed by atoms with Crippen molar-refractivity contribution >= 4 is 17.5 Å². The molecule has 1 heterocycles. The summed E-state index contributed by atoms with van der Waals surface area (Å²) in [6.45, 7) is 8.90. The molecule has 6 nitrogen and oxygen atoms in total. The minimum atomic E-state index is -0.470. The maximum atomic E-state index is 12.1. The van der Waals surface area contributed by atoms with Gasteiger partial charge in [-0.05, 0) is 58.2 Å². The van der Waals surface area contributed by atoms with Crippen molar-refractivity contribution in [2.45, 2.75) is 52.2 Å². The van der Waals surface area contributed by atoms with Gasteiger partial charge in [0, 0.05) is 24.8 Å². The van der Waals surface area contributed by atoms with Crippen LogP contribution in [0.5, 0.6) is 0 Å². The normalized spacial score (nSPS) is 16.1. The number of hydrogen-bond acceptors (Lipinski definition) is 5. The second-order valence-electron chi connectivity index (χ2n) is 7.04. The van der Waals surface area contributed by atoms with E-state index >= 15 is 0 Å². The molecule has 1 saturated heterocycles. The van der Waals surface area contributed by atoms with Crippen molar-refractivity contribution in [3.63, 3.8) is 0 Å². The molecule has 1 aromatic rings. The lowest BCUT2D eigenvalue weighted by Gasteiger charge is -2.34. The van der Waals surface area contributed by atoms with E-state index in [2.05, 4.69) is 5.32 Å². The van der Waals surface area contributed by atoms with E-state index in [0.717, 1.165) is 24.1 Å². The van der Waals surface area contributed by atoms with Crippen molar-refractivity contribution < 1.29 is 9.53 Å². The Labute approximate surface area is 137 Å². The third-order valence-electron chi connectivity index (χ3n) is 3.79. The van der Waals surface area contributed by atoms with E-state index in [0.29, 0.717) is 18.8 Å². The molecule has 2 rings (SSSR count). The molecule has 1 amide bonds. The van der Waals surface area contributed by atoms with Gasteiger partial charge in [0.15, 0.2) is 0 Å². The summed E-state index contributed by atoms with van der Waals surface area (Å²) in [6, 6.07) is 5.87. The zero-order valence-corrected chi connectivity index (χ0v) is 14.3. The number of carbonyl (C=O) groups is 1. The van der Waals surface area contributed by atoms with E-state index in [1.165, 1.54) is 0 Å². The van der Waals surface area contributed by atoms with Gasteiger partial charge in [-0.1, -0.05) is 6.07 Å². The number of likely N-dealkylation sites (tertiary alicyclic amines) is 1. The molecule has 0 saturated carbocycles. The van der Waals surface area contributed by atoms with Crippen LogP contribution in [0.2, 0.25) is 0 Å². The van der Waals surface area contributed by atoms with E-state index in [1.54, 1.807) is 11.0 Å². The lowest BCUT2D eigenvalue weighted by Crippen LogP contribution is -2.44. The van der Waals surface area contributed by atoms with E-state index in [-0.39, 0.29) is 12.1 Å². The Balaban J connectivity index is 1.90. The lowest BCUT2D eigenvalue weighted by atomic mass is 10.0. The summed E-state index contributed by atoms with van der Waals surface area (Å²) in [5.41, 5.74) is 3.96. The van der Waals surface area contributed by atoms with Crippen molar-refractivity contribution in [3.8, 4) is 0 Å². The Bertz CT molecular complexity index is 547. The summed E-state index contributed by atoms with van der Waals surface area (Å²) in [5, 5.41) is 14.4. The van der Waals surface area contributed by atoms with Crippen molar-refractivity contribution in [1.29, 1.82) is 0 Å². The van der Waals surface area contributed by atoms with E-state index in [4.69, 9.17) is 4.74 Å². The molecule has 23 heavy (non-hydrogen) atoms. The van der Waals surface area contributed by atoms with Gasteiger partial charge in [0.1, 0.15) is 5.60 Å². The van der Waals surface area contributed by atoms with Gasteiger partial charge in [-0.3, -0.25) is 0 Å². The Kier molecular flexibility index (Phi) is 5.36. The summed E-state index contributed by atoms with van der Waals surface area (Å²) in [4.78, 5) is 13.8. The number of amides is 1. The highest BCUT2D eigenvalue weighted by Gasteiger charge is 2.26. The fourth-order valence-electron chi connectivity index (χ4n) is 2.62. The third-order valence-corrected chi connectivity index (χ3v) is 3.79. The molecule has 1 aliphatic rings. The molecule has 0 unspecified atom stereocenters. The van der Waals surface area contributed by atoms with E-state index < -0.39 is 5.60 Å². The van der Waals surface area contributed by atoms with E-state index in [1.807, 2.05) is 45.3 Å². The first-order valence-corrected chi connectivity index (χ1v) is 8.02. The number of carbonyl (C=O) groups excluding carboxylic acids is 1. The first-order valence-electron chi connectivity index (χ1n) is 8.02. The highest BCUT2D eigenvalue weighted by Crippen LogP contribution is 2.26. The molecule has 2 N–H and O–H groups in total. The fourth-order valence-corrected chi connectivity index (χ4v) is 2.62. The standard InChI is InChI=1S/C17H26N3O3/c1-12-5-6-14(19-22)15(11-12)18-13-7-9-20(10-8-13)16(21)23-17(2,3)4/h5-6,11,13,18-19H,7-10H2,1-4H3/q-1. The Morgan fingerprint density at radius 2 is 1.91 bits per heavy atom. The van der Waals surface area contributed by atoms with Crippen LogP contribution in [0.25, 0.3) is 0 Å². The molecule has 1 aliphatic heterocycles. The van der Waals surface area contributed by atoms with Gasteiger partial charge in [-0.25, -0.2) is 4.79 Å². The van der Waals surface area contributed by atoms with Gasteiger partial charge >= 0.3 is 6.09 Å². The number of benzene rings is 1. The topological polar surface area (TPSA) is 76.7 Å². The van der Waals surface area contributed by atoms with Crippen LogP contribution in [0.1, 0.15) is 39.2 Å². The molecule has 0 spiro atoms. The second kappa shape index (κ2) is 7.08. The summed E-state index contributed by atoms with van der Waals surface area (Å²) in [6.07, 6.45) is 1.39. The molecule has 0 atom stereocenters. The lowest BCUT2D eigenvalue weighted by molar-refractivity contribution is 0.0210. The summed E-state index contributed by atoms with van der Waals surface area (Å²) in [5.74, 6) is 0. The van der Waals surface area contributed by atoms with Gasteiger partial charge in [0.25, 0.3) is 0 Å². The van der Waals surface area contributed by atoms with Crippen LogP contribution in [0.4, 0.5) is 16.2 Å². The average molecular weight is 320 g/mol. The van der Waals surface area contributed by atoms with Gasteiger partial charge in [-0.2, -0.15) is 0 Å². The average Bonchev–Trinajstić information content (AvgIpc) is 2.46. The van der Waals surface area contributed by atoms with Crippen molar-refractivity contribution in [2.75, 3.05) is 23.9 Å². The number of aryl methyl sites for hydroxylation is 1. The molecule has 0 aliphatic carbocycles. The number of nitrogens with zero attached hydrogens (tertiary/aromatic N) is 1. The molecule has 0 bridgehead atoms. The van der Waals surface area contributed by atoms with Crippen molar-refractivity contribution in [2.24, 2.45) is 0 Å². The highest BCUT2D eigenvalue weighted by molar-refractivity contribution is 5.71. The number of rotatable bonds is 3. The van der Waals surface area contributed by atoms with Crippen LogP contribution in [-0.2, 0) is 4.74 Å². The van der Waals surface area contributed by atoms with Crippen LogP contribution in [0.15, 0.2) is 18.2 Å². The second-order valence-corrected chi connectivity index (χ2v) is 7.04. The first-order chi connectivity index (χ1) is 10.8.